The van der Waals surface area contributed by atoms with Gasteiger partial charge in [-0.2, -0.15) is 5.10 Å². The van der Waals surface area contributed by atoms with Crippen molar-refractivity contribution in [3.8, 4) is 0 Å². The summed E-state index contributed by atoms with van der Waals surface area (Å²) in [6.45, 7) is 9.41. The van der Waals surface area contributed by atoms with Gasteiger partial charge in [0.2, 0.25) is 0 Å². The maximum atomic E-state index is 12.8. The minimum atomic E-state index is -0.449. The van der Waals surface area contributed by atoms with Gasteiger partial charge in [-0.25, -0.2) is 9.78 Å². The second-order valence-corrected chi connectivity index (χ2v) is 6.30. The normalized spacial score (nSPS) is 12.3. The first-order valence-corrected chi connectivity index (χ1v) is 8.29. The van der Waals surface area contributed by atoms with Crippen LogP contribution >= 0.6 is 0 Å². The number of nitrogens with one attached hydrogen (secondary N) is 3. The van der Waals surface area contributed by atoms with Crippen LogP contribution in [0.15, 0.2) is 0 Å². The fourth-order valence-electron chi connectivity index (χ4n) is 2.77. The Hall–Kier alpha value is -2.64. The molecule has 2 heterocycles. The molecule has 0 radical (unpaired) electrons. The van der Waals surface area contributed by atoms with Gasteiger partial charge < -0.3 is 15.0 Å². The minimum absolute atomic E-state index is 0.0974. The average Bonchev–Trinajstić information content (AvgIpc) is 3.14. The molecule has 2 aromatic rings. The fourth-order valence-corrected chi connectivity index (χ4v) is 2.77. The molecular weight excluding hydrogens is 322 g/mol. The molecule has 0 aliphatic rings. The number of nitrogens with zero attached hydrogens (tertiary/aromatic N) is 2. The summed E-state index contributed by atoms with van der Waals surface area (Å²) in [5.41, 5.74) is 2.04. The molecule has 136 valence electrons. The number of amides is 1. The van der Waals surface area contributed by atoms with Crippen molar-refractivity contribution in [3.63, 3.8) is 0 Å². The second kappa shape index (κ2) is 7.50. The summed E-state index contributed by atoms with van der Waals surface area (Å²) in [4.78, 5) is 32.2. The molecule has 0 spiro atoms. The van der Waals surface area contributed by atoms with E-state index in [1.165, 1.54) is 7.11 Å². The third-order valence-corrected chi connectivity index (χ3v) is 4.14. The van der Waals surface area contributed by atoms with Gasteiger partial charge in [-0.05, 0) is 31.7 Å². The Morgan fingerprint density at radius 1 is 1.28 bits per heavy atom. The van der Waals surface area contributed by atoms with E-state index in [1.807, 2.05) is 20.8 Å². The second-order valence-electron chi connectivity index (χ2n) is 6.30. The zero-order valence-electron chi connectivity index (χ0n) is 15.5. The van der Waals surface area contributed by atoms with Crippen LogP contribution < -0.4 is 5.32 Å². The summed E-state index contributed by atoms with van der Waals surface area (Å²) >= 11 is 0. The Labute approximate surface area is 146 Å². The zero-order chi connectivity index (χ0) is 18.7. The molecule has 0 aliphatic carbocycles. The number of carbonyl (C=O) groups excluding carboxylic acids is 2. The van der Waals surface area contributed by atoms with Gasteiger partial charge in [0.15, 0.2) is 5.82 Å². The largest absolute Gasteiger partial charge is 0.465 e. The van der Waals surface area contributed by atoms with E-state index in [0.717, 1.165) is 0 Å². The van der Waals surface area contributed by atoms with Crippen LogP contribution in [0.1, 0.15) is 70.6 Å². The Kier molecular flexibility index (Phi) is 5.61. The number of esters is 1. The summed E-state index contributed by atoms with van der Waals surface area (Å²) < 4.78 is 4.83. The standard InChI is InChI=1S/C17H25N5O3/c1-7-11-12(17(24)25-6)9(4)14(19-11)16(23)20-13(8(2)3)15-18-10(5)21-22-15/h8,13,19H,7H2,1-6H3,(H,20,23)(H,18,21,22)/t13-/m0/s1. The molecule has 2 aromatic heterocycles. The van der Waals surface area contributed by atoms with Gasteiger partial charge in [-0.1, -0.05) is 20.8 Å². The van der Waals surface area contributed by atoms with Crippen molar-refractivity contribution in [1.29, 1.82) is 0 Å². The number of aryl methyl sites for hydroxylation is 2. The lowest BCUT2D eigenvalue weighted by atomic mass is 10.0. The molecular formula is C17H25N5O3. The van der Waals surface area contributed by atoms with Gasteiger partial charge in [0.1, 0.15) is 11.5 Å². The van der Waals surface area contributed by atoms with E-state index in [1.54, 1.807) is 13.8 Å². The van der Waals surface area contributed by atoms with Gasteiger partial charge in [0.05, 0.1) is 18.7 Å². The van der Waals surface area contributed by atoms with E-state index in [2.05, 4.69) is 25.5 Å². The summed E-state index contributed by atoms with van der Waals surface area (Å²) in [5, 5.41) is 9.90. The van der Waals surface area contributed by atoms with E-state index >= 15 is 0 Å². The molecule has 0 aliphatic heterocycles. The highest BCUT2D eigenvalue weighted by Crippen LogP contribution is 2.23. The van der Waals surface area contributed by atoms with Crippen LogP contribution in [0, 0.1) is 19.8 Å². The Bertz CT molecular complexity index is 775. The maximum Gasteiger partial charge on any atom is 0.339 e. The predicted molar refractivity (Wildman–Crippen MR) is 92.4 cm³/mol. The first-order valence-electron chi connectivity index (χ1n) is 8.29. The van der Waals surface area contributed by atoms with Crippen molar-refractivity contribution in [2.45, 2.75) is 47.1 Å². The molecule has 3 N–H and O–H groups in total. The maximum absolute atomic E-state index is 12.8. The Balaban J connectivity index is 2.33. The number of hydrogen-bond donors (Lipinski definition) is 3. The van der Waals surface area contributed by atoms with Gasteiger partial charge in [-0.3, -0.25) is 9.89 Å². The number of ether oxygens (including phenoxy) is 1. The van der Waals surface area contributed by atoms with E-state index in [0.29, 0.717) is 40.6 Å². The summed E-state index contributed by atoms with van der Waals surface area (Å²) in [6, 6.07) is -0.341. The minimum Gasteiger partial charge on any atom is -0.465 e. The van der Waals surface area contributed by atoms with Crippen molar-refractivity contribution in [2.75, 3.05) is 7.11 Å². The van der Waals surface area contributed by atoms with Gasteiger partial charge in [-0.15, -0.1) is 0 Å². The highest BCUT2D eigenvalue weighted by molar-refractivity contribution is 6.00. The van der Waals surface area contributed by atoms with Gasteiger partial charge >= 0.3 is 5.97 Å². The van der Waals surface area contributed by atoms with E-state index in [-0.39, 0.29) is 17.9 Å². The number of aromatic nitrogens is 4. The number of carbonyl (C=O) groups is 2. The van der Waals surface area contributed by atoms with E-state index in [9.17, 15) is 9.59 Å². The molecule has 25 heavy (non-hydrogen) atoms. The van der Waals surface area contributed by atoms with Crippen LogP contribution in [0.25, 0.3) is 0 Å². The topological polar surface area (TPSA) is 113 Å². The summed E-state index contributed by atoms with van der Waals surface area (Å²) in [7, 11) is 1.33. The van der Waals surface area contributed by atoms with Gasteiger partial charge in [0, 0.05) is 5.69 Å². The quantitative estimate of drug-likeness (QED) is 0.694. The molecule has 8 heteroatoms. The smallest absolute Gasteiger partial charge is 0.339 e. The first-order chi connectivity index (χ1) is 11.8. The first kappa shape index (κ1) is 18.7. The van der Waals surface area contributed by atoms with E-state index < -0.39 is 5.97 Å². The molecule has 2 rings (SSSR count). The van der Waals surface area contributed by atoms with Crippen LogP contribution in [0.3, 0.4) is 0 Å². The molecule has 0 fully saturated rings. The summed E-state index contributed by atoms with van der Waals surface area (Å²) in [5.74, 6) is 0.569. The zero-order valence-corrected chi connectivity index (χ0v) is 15.5. The van der Waals surface area contributed by atoms with Crippen LogP contribution in [-0.4, -0.2) is 39.2 Å². The molecule has 0 bridgehead atoms. The average molecular weight is 347 g/mol. The monoisotopic (exact) mass is 347 g/mol. The molecule has 0 unspecified atom stereocenters. The fraction of sp³-hybridized carbons (Fsp3) is 0.529. The SMILES string of the molecule is CCc1[nH]c(C(=O)N[C@H](c2n[nH]c(C)n2)C(C)C)c(C)c1C(=O)OC. The van der Waals surface area contributed by atoms with Crippen LogP contribution in [0.5, 0.6) is 0 Å². The van der Waals surface area contributed by atoms with Crippen molar-refractivity contribution in [1.82, 2.24) is 25.5 Å². The van der Waals surface area contributed by atoms with E-state index in [4.69, 9.17) is 4.74 Å². The van der Waals surface area contributed by atoms with Crippen LogP contribution in [-0.2, 0) is 11.2 Å². The number of methoxy groups -OCH3 is 1. The van der Waals surface area contributed by atoms with Crippen LogP contribution in [0.2, 0.25) is 0 Å². The van der Waals surface area contributed by atoms with Crippen molar-refractivity contribution in [3.05, 3.63) is 34.2 Å². The number of hydrogen-bond acceptors (Lipinski definition) is 5. The highest BCUT2D eigenvalue weighted by atomic mass is 16.5. The third-order valence-electron chi connectivity index (χ3n) is 4.14. The molecule has 0 saturated heterocycles. The highest BCUT2D eigenvalue weighted by Gasteiger charge is 2.27. The Morgan fingerprint density at radius 2 is 1.96 bits per heavy atom. The lowest BCUT2D eigenvalue weighted by molar-refractivity contribution is 0.0599. The van der Waals surface area contributed by atoms with Crippen molar-refractivity contribution < 1.29 is 14.3 Å². The number of rotatable bonds is 6. The predicted octanol–water partition coefficient (Wildman–Crippen LogP) is 2.23. The number of aromatic amines is 2. The Morgan fingerprint density at radius 3 is 2.44 bits per heavy atom. The van der Waals surface area contributed by atoms with Gasteiger partial charge in [0.25, 0.3) is 5.91 Å². The van der Waals surface area contributed by atoms with Crippen LogP contribution in [0.4, 0.5) is 0 Å². The lowest BCUT2D eigenvalue weighted by Crippen LogP contribution is -2.33. The molecule has 0 saturated carbocycles. The lowest BCUT2D eigenvalue weighted by Gasteiger charge is -2.19. The third kappa shape index (κ3) is 3.72. The molecule has 1 atom stereocenters. The van der Waals surface area contributed by atoms with Crippen molar-refractivity contribution in [2.24, 2.45) is 5.92 Å². The summed E-state index contributed by atoms with van der Waals surface area (Å²) in [6.07, 6.45) is 0.590. The molecule has 1 amide bonds. The molecule has 0 aromatic carbocycles. The number of H-pyrrole nitrogens is 2. The molecule has 8 nitrogen and oxygen atoms in total. The van der Waals surface area contributed by atoms with Crippen molar-refractivity contribution >= 4 is 11.9 Å².